The predicted octanol–water partition coefficient (Wildman–Crippen LogP) is 2.24. The number of hydrogen-bond donors (Lipinski definition) is 0. The number of halogens is 1. The third-order valence-electron chi connectivity index (χ3n) is 3.90. The van der Waals surface area contributed by atoms with Gasteiger partial charge < -0.3 is 4.57 Å². The molecule has 2 heterocycles. The third-order valence-corrected chi connectivity index (χ3v) is 5.85. The van der Waals surface area contributed by atoms with E-state index in [0.717, 1.165) is 31.6 Å². The molecular formula is C13H22ClN3O2S. The van der Waals surface area contributed by atoms with Gasteiger partial charge in [-0.05, 0) is 39.0 Å². The summed E-state index contributed by atoms with van der Waals surface area (Å²) in [5.41, 5.74) is 0. The first-order valence-corrected chi connectivity index (χ1v) is 9.06. The summed E-state index contributed by atoms with van der Waals surface area (Å²) >= 11 is 5.77. The molecule has 1 aromatic heterocycles. The summed E-state index contributed by atoms with van der Waals surface area (Å²) in [7, 11) is -3.47. The van der Waals surface area contributed by atoms with Crippen molar-refractivity contribution in [2.24, 2.45) is 5.92 Å². The molecule has 0 bridgehead atoms. The molecule has 0 N–H and O–H groups in total. The number of piperidine rings is 1. The number of hydrogen-bond acceptors (Lipinski definition) is 3. The fourth-order valence-corrected chi connectivity index (χ4v) is 4.55. The van der Waals surface area contributed by atoms with Crippen LogP contribution in [0.5, 0.6) is 0 Å². The molecule has 0 saturated carbocycles. The van der Waals surface area contributed by atoms with E-state index in [1.165, 1.54) is 0 Å². The highest BCUT2D eigenvalue weighted by molar-refractivity contribution is 7.89. The maximum atomic E-state index is 12.6. The third kappa shape index (κ3) is 3.18. The molecular weight excluding hydrogens is 298 g/mol. The Hall–Kier alpha value is -0.590. The van der Waals surface area contributed by atoms with Crippen molar-refractivity contribution in [3.8, 4) is 0 Å². The Morgan fingerprint density at radius 2 is 2.25 bits per heavy atom. The highest BCUT2D eigenvalue weighted by Gasteiger charge is 2.31. The first kappa shape index (κ1) is 15.8. The summed E-state index contributed by atoms with van der Waals surface area (Å²) in [5.74, 6) is 1.69. The maximum Gasteiger partial charge on any atom is 0.262 e. The highest BCUT2D eigenvalue weighted by Crippen LogP contribution is 2.25. The van der Waals surface area contributed by atoms with Gasteiger partial charge in [0.1, 0.15) is 5.82 Å². The zero-order valence-electron chi connectivity index (χ0n) is 12.0. The van der Waals surface area contributed by atoms with E-state index in [2.05, 4.69) is 4.98 Å². The molecule has 0 spiro atoms. The van der Waals surface area contributed by atoms with Crippen LogP contribution in [-0.2, 0) is 16.6 Å². The molecule has 1 saturated heterocycles. The van der Waals surface area contributed by atoms with E-state index in [0.29, 0.717) is 24.9 Å². The van der Waals surface area contributed by atoms with Gasteiger partial charge in [0.05, 0.1) is 0 Å². The van der Waals surface area contributed by atoms with E-state index in [1.807, 2.05) is 18.4 Å². The lowest BCUT2D eigenvalue weighted by Gasteiger charge is -2.31. The highest BCUT2D eigenvalue weighted by atomic mass is 35.5. The van der Waals surface area contributed by atoms with Crippen LogP contribution in [-0.4, -0.2) is 41.2 Å². The summed E-state index contributed by atoms with van der Waals surface area (Å²) < 4.78 is 28.7. The first-order chi connectivity index (χ1) is 9.48. The van der Waals surface area contributed by atoms with E-state index in [4.69, 9.17) is 11.6 Å². The van der Waals surface area contributed by atoms with E-state index < -0.39 is 10.0 Å². The van der Waals surface area contributed by atoms with Crippen LogP contribution >= 0.6 is 11.6 Å². The number of sulfonamides is 1. The molecule has 2 rings (SSSR count). The smallest absolute Gasteiger partial charge is 0.262 e. The lowest BCUT2D eigenvalue weighted by atomic mass is 9.97. The second-order valence-corrected chi connectivity index (χ2v) is 7.52. The van der Waals surface area contributed by atoms with Gasteiger partial charge in [-0.25, -0.2) is 13.4 Å². The lowest BCUT2D eigenvalue weighted by molar-refractivity contribution is 0.262. The first-order valence-electron chi connectivity index (χ1n) is 7.09. The summed E-state index contributed by atoms with van der Waals surface area (Å²) in [6.07, 6.45) is 4.46. The van der Waals surface area contributed by atoms with Gasteiger partial charge in [-0.15, -0.1) is 11.6 Å². The molecule has 114 valence electrons. The van der Waals surface area contributed by atoms with Crippen LogP contribution in [0.3, 0.4) is 0 Å². The summed E-state index contributed by atoms with van der Waals surface area (Å²) in [4.78, 5) is 4.21. The van der Waals surface area contributed by atoms with Crippen LogP contribution < -0.4 is 0 Å². The quantitative estimate of drug-likeness (QED) is 0.782. The van der Waals surface area contributed by atoms with Gasteiger partial charge in [0.25, 0.3) is 10.0 Å². The van der Waals surface area contributed by atoms with Crippen LogP contribution in [0.15, 0.2) is 11.2 Å². The SMILES string of the molecule is CCn1cc(S(=O)(=O)N2CCCC(CCCl)C2)nc1C. The minimum absolute atomic E-state index is 0.170. The second kappa shape index (κ2) is 6.45. The molecule has 1 unspecified atom stereocenters. The topological polar surface area (TPSA) is 55.2 Å². The van der Waals surface area contributed by atoms with Gasteiger partial charge >= 0.3 is 0 Å². The van der Waals surface area contributed by atoms with Crippen LogP contribution in [0.25, 0.3) is 0 Å². The minimum atomic E-state index is -3.47. The van der Waals surface area contributed by atoms with Gasteiger partial charge in [-0.1, -0.05) is 0 Å². The zero-order valence-corrected chi connectivity index (χ0v) is 13.6. The Balaban J connectivity index is 2.20. The number of aryl methyl sites for hydroxylation is 2. The molecule has 1 fully saturated rings. The molecule has 20 heavy (non-hydrogen) atoms. The van der Waals surface area contributed by atoms with Crippen molar-refractivity contribution < 1.29 is 8.42 Å². The average Bonchev–Trinajstić information content (AvgIpc) is 2.81. The maximum absolute atomic E-state index is 12.6. The van der Waals surface area contributed by atoms with Gasteiger partial charge in [0.2, 0.25) is 0 Å². The Morgan fingerprint density at radius 1 is 1.50 bits per heavy atom. The molecule has 0 amide bonds. The Bertz CT molecular complexity index is 554. The van der Waals surface area contributed by atoms with Gasteiger partial charge in [0, 0.05) is 31.7 Å². The largest absolute Gasteiger partial charge is 0.334 e. The molecule has 7 heteroatoms. The molecule has 0 aromatic carbocycles. The monoisotopic (exact) mass is 319 g/mol. The minimum Gasteiger partial charge on any atom is -0.334 e. The summed E-state index contributed by atoms with van der Waals surface area (Å²) in [5, 5.41) is 0.170. The zero-order chi connectivity index (χ0) is 14.8. The van der Waals surface area contributed by atoms with Gasteiger partial charge in [-0.2, -0.15) is 4.31 Å². The fraction of sp³-hybridized carbons (Fsp3) is 0.769. The van der Waals surface area contributed by atoms with E-state index in [1.54, 1.807) is 10.5 Å². The normalized spacial score (nSPS) is 21.2. The standard InChI is InChI=1S/C13H22ClN3O2S/c1-3-16-10-13(15-11(16)2)20(18,19)17-8-4-5-12(9-17)6-7-14/h10,12H,3-9H2,1-2H3. The molecule has 1 aliphatic heterocycles. The van der Waals surface area contributed by atoms with E-state index in [-0.39, 0.29) is 5.03 Å². The van der Waals surface area contributed by atoms with Crippen LogP contribution in [0.2, 0.25) is 0 Å². The summed E-state index contributed by atoms with van der Waals surface area (Å²) in [6.45, 7) is 5.67. The lowest BCUT2D eigenvalue weighted by Crippen LogP contribution is -2.40. The van der Waals surface area contributed by atoms with Crippen molar-refractivity contribution in [2.45, 2.75) is 44.7 Å². The molecule has 0 aliphatic carbocycles. The number of rotatable bonds is 5. The number of imidazole rings is 1. The van der Waals surface area contributed by atoms with Crippen molar-refractivity contribution in [1.82, 2.24) is 13.9 Å². The predicted molar refractivity (Wildman–Crippen MR) is 79.5 cm³/mol. The number of alkyl halides is 1. The number of nitrogens with zero attached hydrogens (tertiary/aromatic N) is 3. The van der Waals surface area contributed by atoms with Crippen LogP contribution in [0.4, 0.5) is 0 Å². The molecule has 1 atom stereocenters. The van der Waals surface area contributed by atoms with Crippen LogP contribution in [0.1, 0.15) is 32.0 Å². The van der Waals surface area contributed by atoms with E-state index in [9.17, 15) is 8.42 Å². The molecule has 1 aromatic rings. The summed E-state index contributed by atoms with van der Waals surface area (Å²) in [6, 6.07) is 0. The van der Waals surface area contributed by atoms with Crippen LogP contribution in [0, 0.1) is 12.8 Å². The Labute approximate surface area is 126 Å². The molecule has 5 nitrogen and oxygen atoms in total. The van der Waals surface area contributed by atoms with Crippen molar-refractivity contribution in [3.63, 3.8) is 0 Å². The van der Waals surface area contributed by atoms with Gasteiger partial charge in [-0.3, -0.25) is 0 Å². The molecule has 1 aliphatic rings. The van der Waals surface area contributed by atoms with Crippen molar-refractivity contribution in [3.05, 3.63) is 12.0 Å². The number of aromatic nitrogens is 2. The molecule has 0 radical (unpaired) electrons. The van der Waals surface area contributed by atoms with Gasteiger partial charge in [0.15, 0.2) is 5.03 Å². The average molecular weight is 320 g/mol. The van der Waals surface area contributed by atoms with Crippen molar-refractivity contribution >= 4 is 21.6 Å². The second-order valence-electron chi connectivity index (χ2n) is 5.26. The Morgan fingerprint density at radius 3 is 2.85 bits per heavy atom. The fourth-order valence-electron chi connectivity index (χ4n) is 2.69. The van der Waals surface area contributed by atoms with Crippen molar-refractivity contribution in [2.75, 3.05) is 19.0 Å². The van der Waals surface area contributed by atoms with E-state index >= 15 is 0 Å². The Kier molecular flexibility index (Phi) is 5.09. The van der Waals surface area contributed by atoms with Crippen molar-refractivity contribution in [1.29, 1.82) is 0 Å².